The Labute approximate surface area is 127 Å². The van der Waals surface area contributed by atoms with E-state index >= 15 is 0 Å². The van der Waals surface area contributed by atoms with Crippen molar-refractivity contribution in [2.24, 2.45) is 0 Å². The van der Waals surface area contributed by atoms with Gasteiger partial charge in [0.05, 0.1) is 34.2 Å². The lowest BCUT2D eigenvalue weighted by Gasteiger charge is -2.08. The van der Waals surface area contributed by atoms with E-state index in [9.17, 15) is 0 Å². The Bertz CT molecular complexity index is 608. The van der Waals surface area contributed by atoms with Gasteiger partial charge in [0, 0.05) is 12.4 Å². The Balaban J connectivity index is 2.04. The Kier molecular flexibility index (Phi) is 5.37. The largest absolute Gasteiger partial charge is 0.261 e. The molecule has 0 N–H and O–H groups in total. The third-order valence-corrected chi connectivity index (χ3v) is 3.72. The van der Waals surface area contributed by atoms with Crippen molar-refractivity contribution in [2.45, 2.75) is 59.8 Å². The van der Waals surface area contributed by atoms with Crippen LogP contribution < -0.4 is 0 Å². The minimum Gasteiger partial charge on any atom is -0.261 e. The van der Waals surface area contributed by atoms with Crippen LogP contribution in [0, 0.1) is 20.8 Å². The highest BCUT2D eigenvalue weighted by molar-refractivity contribution is 5.19. The highest BCUT2D eigenvalue weighted by Gasteiger charge is 2.07. The maximum absolute atomic E-state index is 4.68. The number of nitrogens with zero attached hydrogens (tertiary/aromatic N) is 4. The SMILES string of the molecule is CCCCc1cncc(CCc2nc(C)c(C)nc2C)n1. The molecule has 0 saturated heterocycles. The summed E-state index contributed by atoms with van der Waals surface area (Å²) in [5.74, 6) is 0. The molecule has 2 aromatic heterocycles. The van der Waals surface area contributed by atoms with Gasteiger partial charge in [-0.05, 0) is 46.5 Å². The van der Waals surface area contributed by atoms with Crippen molar-refractivity contribution in [1.82, 2.24) is 19.9 Å². The van der Waals surface area contributed by atoms with Gasteiger partial charge >= 0.3 is 0 Å². The number of unbranched alkanes of at least 4 members (excludes halogenated alkanes) is 1. The minimum absolute atomic E-state index is 0.866. The van der Waals surface area contributed by atoms with Gasteiger partial charge in [0.2, 0.25) is 0 Å². The Hall–Kier alpha value is -1.84. The first kappa shape index (κ1) is 15.5. The molecule has 0 unspecified atom stereocenters. The van der Waals surface area contributed by atoms with Crippen molar-refractivity contribution in [3.63, 3.8) is 0 Å². The molecule has 2 rings (SSSR count). The van der Waals surface area contributed by atoms with Gasteiger partial charge in [0.25, 0.3) is 0 Å². The van der Waals surface area contributed by atoms with E-state index in [1.807, 2.05) is 33.2 Å². The number of aryl methyl sites for hydroxylation is 6. The van der Waals surface area contributed by atoms with E-state index in [0.717, 1.165) is 53.4 Å². The first-order valence-electron chi connectivity index (χ1n) is 7.70. The van der Waals surface area contributed by atoms with Crippen LogP contribution in [0.2, 0.25) is 0 Å². The van der Waals surface area contributed by atoms with E-state index in [0.29, 0.717) is 0 Å². The summed E-state index contributed by atoms with van der Waals surface area (Å²) in [6.45, 7) is 8.23. The van der Waals surface area contributed by atoms with Gasteiger partial charge in [-0.2, -0.15) is 0 Å². The van der Waals surface area contributed by atoms with E-state index < -0.39 is 0 Å². The molecule has 0 aromatic carbocycles. The van der Waals surface area contributed by atoms with Crippen LogP contribution >= 0.6 is 0 Å². The minimum atomic E-state index is 0.866. The van der Waals surface area contributed by atoms with Crippen molar-refractivity contribution < 1.29 is 0 Å². The quantitative estimate of drug-likeness (QED) is 0.816. The van der Waals surface area contributed by atoms with E-state index in [4.69, 9.17) is 0 Å². The molecule has 0 aliphatic rings. The average molecular weight is 284 g/mol. The van der Waals surface area contributed by atoms with Gasteiger partial charge in [0.15, 0.2) is 0 Å². The van der Waals surface area contributed by atoms with E-state index in [1.54, 1.807) is 0 Å². The van der Waals surface area contributed by atoms with E-state index in [1.165, 1.54) is 12.8 Å². The molecule has 0 aliphatic heterocycles. The summed E-state index contributed by atoms with van der Waals surface area (Å²) in [5, 5.41) is 0. The summed E-state index contributed by atoms with van der Waals surface area (Å²) in [6, 6.07) is 0. The van der Waals surface area contributed by atoms with E-state index in [-0.39, 0.29) is 0 Å². The van der Waals surface area contributed by atoms with Gasteiger partial charge in [0.1, 0.15) is 0 Å². The van der Waals surface area contributed by atoms with Crippen LogP contribution in [-0.2, 0) is 19.3 Å². The lowest BCUT2D eigenvalue weighted by molar-refractivity contribution is 0.755. The maximum atomic E-state index is 4.68. The highest BCUT2D eigenvalue weighted by Crippen LogP contribution is 2.10. The Morgan fingerprint density at radius 3 is 2.14 bits per heavy atom. The highest BCUT2D eigenvalue weighted by atomic mass is 14.8. The van der Waals surface area contributed by atoms with Crippen molar-refractivity contribution in [3.05, 3.63) is 46.6 Å². The summed E-state index contributed by atoms with van der Waals surface area (Å²) in [6.07, 6.45) is 8.83. The zero-order valence-electron chi connectivity index (χ0n) is 13.5. The van der Waals surface area contributed by atoms with Gasteiger partial charge in [-0.15, -0.1) is 0 Å². The summed E-state index contributed by atoms with van der Waals surface area (Å²) in [4.78, 5) is 18.2. The molecule has 0 saturated carbocycles. The van der Waals surface area contributed by atoms with Crippen molar-refractivity contribution in [1.29, 1.82) is 0 Å². The molecule has 2 aromatic rings. The summed E-state index contributed by atoms with van der Waals surface area (Å²) in [7, 11) is 0. The molecular formula is C17H24N4. The number of hydrogen-bond acceptors (Lipinski definition) is 4. The zero-order valence-corrected chi connectivity index (χ0v) is 13.5. The Morgan fingerprint density at radius 1 is 0.762 bits per heavy atom. The molecule has 0 spiro atoms. The van der Waals surface area contributed by atoms with Crippen LogP contribution in [0.5, 0.6) is 0 Å². The van der Waals surface area contributed by atoms with Crippen molar-refractivity contribution in [3.8, 4) is 0 Å². The second-order valence-electron chi connectivity index (χ2n) is 5.53. The molecule has 2 heterocycles. The van der Waals surface area contributed by atoms with Gasteiger partial charge in [-0.1, -0.05) is 13.3 Å². The molecule has 0 atom stereocenters. The van der Waals surface area contributed by atoms with Crippen LogP contribution in [0.15, 0.2) is 12.4 Å². The number of hydrogen-bond donors (Lipinski definition) is 0. The van der Waals surface area contributed by atoms with Crippen LogP contribution in [0.25, 0.3) is 0 Å². The predicted octanol–water partition coefficient (Wildman–Crippen LogP) is 3.32. The summed E-state index contributed by atoms with van der Waals surface area (Å²) >= 11 is 0. The van der Waals surface area contributed by atoms with Crippen LogP contribution in [-0.4, -0.2) is 19.9 Å². The van der Waals surface area contributed by atoms with Gasteiger partial charge < -0.3 is 0 Å². The number of aromatic nitrogens is 4. The molecule has 0 amide bonds. The smallest absolute Gasteiger partial charge is 0.0623 e. The average Bonchev–Trinajstić information content (AvgIpc) is 2.48. The second-order valence-corrected chi connectivity index (χ2v) is 5.53. The molecule has 0 radical (unpaired) electrons. The summed E-state index contributed by atoms with van der Waals surface area (Å²) < 4.78 is 0. The standard InChI is InChI=1S/C17H24N4/c1-5-6-7-15-10-18-11-16(21-15)8-9-17-14(4)19-12(2)13(3)20-17/h10-11H,5-9H2,1-4H3. The molecule has 21 heavy (non-hydrogen) atoms. The normalized spacial score (nSPS) is 10.9. The zero-order chi connectivity index (χ0) is 15.2. The fraction of sp³-hybridized carbons (Fsp3) is 0.529. The first-order valence-corrected chi connectivity index (χ1v) is 7.70. The molecular weight excluding hydrogens is 260 g/mol. The predicted molar refractivity (Wildman–Crippen MR) is 84.3 cm³/mol. The molecule has 4 nitrogen and oxygen atoms in total. The number of rotatable bonds is 6. The van der Waals surface area contributed by atoms with Gasteiger partial charge in [-0.3, -0.25) is 19.9 Å². The second kappa shape index (κ2) is 7.25. The molecule has 0 fully saturated rings. The first-order chi connectivity index (χ1) is 10.1. The third-order valence-electron chi connectivity index (χ3n) is 3.72. The van der Waals surface area contributed by atoms with Crippen molar-refractivity contribution >= 4 is 0 Å². The fourth-order valence-electron chi connectivity index (χ4n) is 2.29. The van der Waals surface area contributed by atoms with Crippen LogP contribution in [0.1, 0.15) is 53.9 Å². The van der Waals surface area contributed by atoms with Crippen LogP contribution in [0.4, 0.5) is 0 Å². The Morgan fingerprint density at radius 2 is 1.43 bits per heavy atom. The van der Waals surface area contributed by atoms with Crippen LogP contribution in [0.3, 0.4) is 0 Å². The third kappa shape index (κ3) is 4.31. The van der Waals surface area contributed by atoms with Gasteiger partial charge in [-0.25, -0.2) is 0 Å². The maximum Gasteiger partial charge on any atom is 0.0623 e. The van der Waals surface area contributed by atoms with Crippen molar-refractivity contribution in [2.75, 3.05) is 0 Å². The summed E-state index contributed by atoms with van der Waals surface area (Å²) in [5.41, 5.74) is 6.25. The molecule has 4 heteroatoms. The fourth-order valence-corrected chi connectivity index (χ4v) is 2.29. The molecule has 112 valence electrons. The van der Waals surface area contributed by atoms with E-state index in [2.05, 4.69) is 26.9 Å². The lowest BCUT2D eigenvalue weighted by atomic mass is 10.1. The topological polar surface area (TPSA) is 51.6 Å². The molecule has 0 aliphatic carbocycles. The lowest BCUT2D eigenvalue weighted by Crippen LogP contribution is -2.06. The molecule has 0 bridgehead atoms. The monoisotopic (exact) mass is 284 g/mol.